The number of aryl methyl sites for hydroxylation is 2. The van der Waals surface area contributed by atoms with Crippen LogP contribution in [0.25, 0.3) is 0 Å². The molecule has 1 fully saturated rings. The van der Waals surface area contributed by atoms with Crippen LogP contribution in [0.3, 0.4) is 0 Å². The average molecular weight is 237 g/mol. The van der Waals surface area contributed by atoms with Crippen LogP contribution >= 0.6 is 0 Å². The Bertz CT molecular complexity index is 362. The van der Waals surface area contributed by atoms with Gasteiger partial charge in [-0.05, 0) is 51.6 Å². The van der Waals surface area contributed by atoms with Crippen LogP contribution in [0.4, 0.5) is 0 Å². The van der Waals surface area contributed by atoms with Crippen molar-refractivity contribution in [1.29, 1.82) is 0 Å². The molecule has 1 aliphatic rings. The quantitative estimate of drug-likeness (QED) is 0.815. The van der Waals surface area contributed by atoms with E-state index in [0.29, 0.717) is 5.92 Å². The molecule has 0 bridgehead atoms. The van der Waals surface area contributed by atoms with Gasteiger partial charge in [0.1, 0.15) is 0 Å². The van der Waals surface area contributed by atoms with E-state index in [1.54, 1.807) is 0 Å². The van der Waals surface area contributed by atoms with Gasteiger partial charge in [-0.2, -0.15) is 5.10 Å². The summed E-state index contributed by atoms with van der Waals surface area (Å²) in [6, 6.07) is 2.14. The highest BCUT2D eigenvalue weighted by atomic mass is 16.3. The predicted molar refractivity (Wildman–Crippen MR) is 67.7 cm³/mol. The number of nitrogens with zero attached hydrogens (tertiary/aromatic N) is 2. The minimum atomic E-state index is -0.0646. The highest BCUT2D eigenvalue weighted by Gasteiger charge is 2.22. The Morgan fingerprint density at radius 2 is 2.35 bits per heavy atom. The van der Waals surface area contributed by atoms with Crippen LogP contribution in [0.2, 0.25) is 0 Å². The van der Waals surface area contributed by atoms with E-state index in [4.69, 9.17) is 0 Å². The Labute approximate surface area is 103 Å². The van der Waals surface area contributed by atoms with Crippen molar-refractivity contribution in [2.75, 3.05) is 6.54 Å². The Hall–Kier alpha value is -0.870. The first-order chi connectivity index (χ1) is 8.19. The van der Waals surface area contributed by atoms with Gasteiger partial charge in [0, 0.05) is 13.1 Å². The topological polar surface area (TPSA) is 50.1 Å². The van der Waals surface area contributed by atoms with E-state index >= 15 is 0 Å². The third kappa shape index (κ3) is 3.30. The zero-order valence-electron chi connectivity index (χ0n) is 10.8. The van der Waals surface area contributed by atoms with E-state index < -0.39 is 0 Å². The Kier molecular flexibility index (Phi) is 4.18. The molecule has 0 amide bonds. The molecule has 0 aromatic carbocycles. The number of aliphatic hydroxyl groups is 1. The fourth-order valence-corrected chi connectivity index (χ4v) is 2.65. The number of aromatic nitrogens is 2. The first-order valence-corrected chi connectivity index (χ1v) is 6.61. The molecule has 1 saturated carbocycles. The van der Waals surface area contributed by atoms with Crippen molar-refractivity contribution in [3.63, 3.8) is 0 Å². The molecule has 0 radical (unpaired) electrons. The van der Waals surface area contributed by atoms with Crippen molar-refractivity contribution in [2.24, 2.45) is 5.92 Å². The van der Waals surface area contributed by atoms with Crippen LogP contribution < -0.4 is 5.32 Å². The summed E-state index contributed by atoms with van der Waals surface area (Å²) >= 11 is 0. The SMILES string of the molecule is CCn1nc(C)cc1CNCC1CCC(O)C1. The molecule has 4 heteroatoms. The summed E-state index contributed by atoms with van der Waals surface area (Å²) in [6.07, 6.45) is 3.02. The van der Waals surface area contributed by atoms with Crippen molar-refractivity contribution in [2.45, 2.75) is 52.3 Å². The van der Waals surface area contributed by atoms with E-state index in [1.807, 2.05) is 11.6 Å². The summed E-state index contributed by atoms with van der Waals surface area (Å²) in [4.78, 5) is 0. The predicted octanol–water partition coefficient (Wildman–Crippen LogP) is 1.46. The van der Waals surface area contributed by atoms with Gasteiger partial charge in [0.2, 0.25) is 0 Å². The van der Waals surface area contributed by atoms with Crippen LogP contribution in [-0.4, -0.2) is 27.5 Å². The van der Waals surface area contributed by atoms with Gasteiger partial charge in [0.05, 0.1) is 17.5 Å². The van der Waals surface area contributed by atoms with Gasteiger partial charge >= 0.3 is 0 Å². The Morgan fingerprint density at radius 3 is 3.00 bits per heavy atom. The fraction of sp³-hybridized carbons (Fsp3) is 0.769. The zero-order valence-corrected chi connectivity index (χ0v) is 10.8. The largest absolute Gasteiger partial charge is 0.393 e. The van der Waals surface area contributed by atoms with Gasteiger partial charge in [-0.25, -0.2) is 0 Å². The molecule has 2 N–H and O–H groups in total. The maximum absolute atomic E-state index is 9.46. The fourth-order valence-electron chi connectivity index (χ4n) is 2.65. The highest BCUT2D eigenvalue weighted by molar-refractivity contribution is 5.08. The molecule has 1 aromatic heterocycles. The Morgan fingerprint density at radius 1 is 1.53 bits per heavy atom. The smallest absolute Gasteiger partial charge is 0.0597 e. The summed E-state index contributed by atoms with van der Waals surface area (Å²) < 4.78 is 2.05. The molecule has 17 heavy (non-hydrogen) atoms. The first-order valence-electron chi connectivity index (χ1n) is 6.61. The number of aliphatic hydroxyl groups excluding tert-OH is 1. The van der Waals surface area contributed by atoms with Crippen molar-refractivity contribution < 1.29 is 5.11 Å². The second-order valence-electron chi connectivity index (χ2n) is 5.06. The molecular formula is C13H23N3O. The van der Waals surface area contributed by atoms with Gasteiger partial charge in [0.15, 0.2) is 0 Å². The van der Waals surface area contributed by atoms with Gasteiger partial charge < -0.3 is 10.4 Å². The minimum absolute atomic E-state index is 0.0646. The van der Waals surface area contributed by atoms with Crippen molar-refractivity contribution in [3.05, 3.63) is 17.5 Å². The monoisotopic (exact) mass is 237 g/mol. The second-order valence-corrected chi connectivity index (χ2v) is 5.06. The normalized spacial score (nSPS) is 24.4. The number of hydrogen-bond donors (Lipinski definition) is 2. The van der Waals surface area contributed by atoms with Gasteiger partial charge in [-0.1, -0.05) is 0 Å². The van der Waals surface area contributed by atoms with Crippen LogP contribution in [-0.2, 0) is 13.1 Å². The lowest BCUT2D eigenvalue weighted by Gasteiger charge is -2.11. The summed E-state index contributed by atoms with van der Waals surface area (Å²) in [5, 5.41) is 17.4. The van der Waals surface area contributed by atoms with E-state index in [9.17, 15) is 5.11 Å². The molecule has 0 spiro atoms. The molecule has 1 heterocycles. The van der Waals surface area contributed by atoms with Gasteiger partial charge in [-0.3, -0.25) is 4.68 Å². The first kappa shape index (κ1) is 12.6. The minimum Gasteiger partial charge on any atom is -0.393 e. The second kappa shape index (κ2) is 5.65. The molecule has 1 aromatic rings. The van der Waals surface area contributed by atoms with E-state index in [1.165, 1.54) is 5.69 Å². The molecule has 0 aliphatic heterocycles. The van der Waals surface area contributed by atoms with E-state index in [2.05, 4.69) is 23.4 Å². The molecular weight excluding hydrogens is 214 g/mol. The summed E-state index contributed by atoms with van der Waals surface area (Å²) in [7, 11) is 0. The molecule has 1 aliphatic carbocycles. The zero-order chi connectivity index (χ0) is 12.3. The highest BCUT2D eigenvalue weighted by Crippen LogP contribution is 2.24. The lowest BCUT2D eigenvalue weighted by atomic mass is 10.1. The van der Waals surface area contributed by atoms with Gasteiger partial charge in [-0.15, -0.1) is 0 Å². The van der Waals surface area contributed by atoms with Crippen molar-refractivity contribution >= 4 is 0 Å². The van der Waals surface area contributed by atoms with E-state index in [-0.39, 0.29) is 6.10 Å². The maximum atomic E-state index is 9.46. The number of rotatable bonds is 5. The summed E-state index contributed by atoms with van der Waals surface area (Å²) in [5.41, 5.74) is 2.34. The van der Waals surface area contributed by atoms with Gasteiger partial charge in [0.25, 0.3) is 0 Å². The van der Waals surface area contributed by atoms with Crippen LogP contribution in [0, 0.1) is 12.8 Å². The molecule has 96 valence electrons. The van der Waals surface area contributed by atoms with Crippen molar-refractivity contribution in [1.82, 2.24) is 15.1 Å². The lowest BCUT2D eigenvalue weighted by Crippen LogP contribution is -2.23. The summed E-state index contributed by atoms with van der Waals surface area (Å²) in [5.74, 6) is 0.643. The molecule has 2 atom stereocenters. The summed E-state index contributed by atoms with van der Waals surface area (Å²) in [6.45, 7) is 6.95. The molecule has 2 unspecified atom stereocenters. The maximum Gasteiger partial charge on any atom is 0.0597 e. The van der Waals surface area contributed by atoms with Crippen LogP contribution in [0.1, 0.15) is 37.6 Å². The standard InChI is InChI=1S/C13H23N3O/c1-3-16-12(6-10(2)15-16)9-14-8-11-4-5-13(17)7-11/h6,11,13-14,17H,3-5,7-9H2,1-2H3. The van der Waals surface area contributed by atoms with E-state index in [0.717, 1.165) is 44.6 Å². The average Bonchev–Trinajstić information content (AvgIpc) is 2.85. The lowest BCUT2D eigenvalue weighted by molar-refractivity contribution is 0.177. The molecule has 4 nitrogen and oxygen atoms in total. The Balaban J connectivity index is 1.77. The third-order valence-corrected chi connectivity index (χ3v) is 3.54. The molecule has 0 saturated heterocycles. The number of hydrogen-bond acceptors (Lipinski definition) is 3. The molecule has 2 rings (SSSR count). The van der Waals surface area contributed by atoms with Crippen LogP contribution in [0.5, 0.6) is 0 Å². The third-order valence-electron chi connectivity index (χ3n) is 3.54. The number of nitrogens with one attached hydrogen (secondary N) is 1. The van der Waals surface area contributed by atoms with Crippen molar-refractivity contribution in [3.8, 4) is 0 Å². The van der Waals surface area contributed by atoms with Crippen LogP contribution in [0.15, 0.2) is 6.07 Å².